The van der Waals surface area contributed by atoms with Crippen molar-refractivity contribution in [2.75, 3.05) is 31.1 Å². The van der Waals surface area contributed by atoms with Gasteiger partial charge >= 0.3 is 0 Å². The molecule has 5 nitrogen and oxygen atoms in total. The smallest absolute Gasteiger partial charge is 0.206 e. The van der Waals surface area contributed by atoms with Gasteiger partial charge in [-0.15, -0.1) is 0 Å². The maximum atomic E-state index is 12.9. The van der Waals surface area contributed by atoms with Gasteiger partial charge in [0.1, 0.15) is 12.4 Å². The number of hydrogen-bond acceptors (Lipinski definition) is 5. The lowest BCUT2D eigenvalue weighted by Crippen LogP contribution is -2.46. The SMILES string of the molecule is O=S(=O)(c1ccccc1)c1ccc2c(c1)N(C1CCNCC1)CCO2. The number of anilines is 1. The monoisotopic (exact) mass is 358 g/mol. The normalized spacial score (nSPS) is 18.5. The number of benzene rings is 2. The first kappa shape index (κ1) is 16.4. The van der Waals surface area contributed by atoms with Gasteiger partial charge in [-0.3, -0.25) is 0 Å². The minimum absolute atomic E-state index is 0.320. The maximum Gasteiger partial charge on any atom is 0.206 e. The Labute approximate surface area is 148 Å². The molecular weight excluding hydrogens is 336 g/mol. The standard InChI is InChI=1S/C19H22N2O3S/c22-25(23,16-4-2-1-3-5-16)17-6-7-19-18(14-17)21(12-13-24-19)15-8-10-20-11-9-15/h1-7,14-15,20H,8-13H2. The number of sulfone groups is 1. The Hall–Kier alpha value is -2.05. The van der Waals surface area contributed by atoms with E-state index in [4.69, 9.17) is 4.74 Å². The molecule has 0 saturated carbocycles. The molecule has 6 heteroatoms. The zero-order valence-corrected chi connectivity index (χ0v) is 14.8. The minimum atomic E-state index is -3.52. The zero-order chi connectivity index (χ0) is 17.3. The van der Waals surface area contributed by atoms with Crippen LogP contribution >= 0.6 is 0 Å². The molecule has 25 heavy (non-hydrogen) atoms. The molecule has 1 saturated heterocycles. The average Bonchev–Trinajstić information content (AvgIpc) is 2.68. The molecular formula is C19H22N2O3S. The van der Waals surface area contributed by atoms with Crippen LogP contribution in [-0.2, 0) is 9.84 Å². The molecule has 0 atom stereocenters. The second-order valence-electron chi connectivity index (χ2n) is 6.47. The van der Waals surface area contributed by atoms with Crippen LogP contribution in [0.4, 0.5) is 5.69 Å². The topological polar surface area (TPSA) is 58.6 Å². The second-order valence-corrected chi connectivity index (χ2v) is 8.42. The molecule has 0 amide bonds. The van der Waals surface area contributed by atoms with Crippen molar-refractivity contribution in [1.29, 1.82) is 0 Å². The highest BCUT2D eigenvalue weighted by Gasteiger charge is 2.28. The predicted octanol–water partition coefficient (Wildman–Crippen LogP) is 2.47. The predicted molar refractivity (Wildman–Crippen MR) is 97.1 cm³/mol. The van der Waals surface area contributed by atoms with Crippen LogP contribution in [-0.4, -0.2) is 40.7 Å². The van der Waals surface area contributed by atoms with Gasteiger partial charge in [0.05, 0.1) is 22.0 Å². The molecule has 0 aromatic heterocycles. The van der Waals surface area contributed by atoms with Gasteiger partial charge in [0.15, 0.2) is 0 Å². The van der Waals surface area contributed by atoms with E-state index in [1.165, 1.54) is 0 Å². The van der Waals surface area contributed by atoms with Gasteiger partial charge in [0.25, 0.3) is 0 Å². The summed E-state index contributed by atoms with van der Waals surface area (Å²) in [6.07, 6.45) is 2.13. The summed E-state index contributed by atoms with van der Waals surface area (Å²) in [7, 11) is -3.52. The highest BCUT2D eigenvalue weighted by Crippen LogP contribution is 2.37. The van der Waals surface area contributed by atoms with Gasteiger partial charge in [-0.05, 0) is 56.3 Å². The van der Waals surface area contributed by atoms with Gasteiger partial charge in [-0.1, -0.05) is 18.2 Å². The van der Waals surface area contributed by atoms with E-state index in [9.17, 15) is 8.42 Å². The molecule has 132 valence electrons. The summed E-state index contributed by atoms with van der Waals surface area (Å²) in [6.45, 7) is 3.44. The van der Waals surface area contributed by atoms with Gasteiger partial charge in [-0.2, -0.15) is 0 Å². The Kier molecular flexibility index (Phi) is 4.39. The number of nitrogens with zero attached hydrogens (tertiary/aromatic N) is 1. The molecule has 2 aliphatic rings. The van der Waals surface area contributed by atoms with Crippen molar-refractivity contribution >= 4 is 15.5 Å². The lowest BCUT2D eigenvalue weighted by atomic mass is 10.0. The maximum absolute atomic E-state index is 12.9. The van der Waals surface area contributed by atoms with Crippen LogP contribution < -0.4 is 15.0 Å². The third-order valence-corrected chi connectivity index (χ3v) is 6.71. The summed E-state index contributed by atoms with van der Waals surface area (Å²) >= 11 is 0. The number of hydrogen-bond donors (Lipinski definition) is 1. The van der Waals surface area contributed by atoms with E-state index >= 15 is 0 Å². The molecule has 2 heterocycles. The van der Waals surface area contributed by atoms with Crippen LogP contribution in [0.15, 0.2) is 58.3 Å². The number of ether oxygens (including phenoxy) is 1. The number of piperidine rings is 1. The quantitative estimate of drug-likeness (QED) is 0.913. The third kappa shape index (κ3) is 3.12. The summed E-state index contributed by atoms with van der Waals surface area (Å²) in [5.74, 6) is 0.775. The van der Waals surface area contributed by atoms with Gasteiger partial charge < -0.3 is 15.0 Å². The van der Waals surface area contributed by atoms with Crippen molar-refractivity contribution in [3.8, 4) is 5.75 Å². The van der Waals surface area contributed by atoms with Crippen LogP contribution in [0.2, 0.25) is 0 Å². The lowest BCUT2D eigenvalue weighted by Gasteiger charge is -2.39. The van der Waals surface area contributed by atoms with Gasteiger partial charge in [-0.25, -0.2) is 8.42 Å². The Balaban J connectivity index is 1.73. The van der Waals surface area contributed by atoms with Crippen LogP contribution in [0.1, 0.15) is 12.8 Å². The largest absolute Gasteiger partial charge is 0.490 e. The highest BCUT2D eigenvalue weighted by molar-refractivity contribution is 7.91. The molecule has 0 spiro atoms. The van der Waals surface area contributed by atoms with E-state index in [1.54, 1.807) is 42.5 Å². The van der Waals surface area contributed by atoms with E-state index < -0.39 is 9.84 Å². The molecule has 0 radical (unpaired) electrons. The summed E-state index contributed by atoms with van der Waals surface area (Å²) in [5.41, 5.74) is 0.898. The summed E-state index contributed by atoms with van der Waals surface area (Å²) < 4.78 is 31.6. The fourth-order valence-corrected chi connectivity index (χ4v) is 4.92. The molecule has 2 aromatic rings. The van der Waals surface area contributed by atoms with Crippen molar-refractivity contribution in [2.45, 2.75) is 28.7 Å². The first-order chi connectivity index (χ1) is 12.2. The van der Waals surface area contributed by atoms with E-state index in [-0.39, 0.29) is 0 Å². The minimum Gasteiger partial charge on any atom is -0.490 e. The lowest BCUT2D eigenvalue weighted by molar-refractivity contribution is 0.290. The number of nitrogens with one attached hydrogen (secondary N) is 1. The Morgan fingerprint density at radius 1 is 1.00 bits per heavy atom. The highest BCUT2D eigenvalue weighted by atomic mass is 32.2. The molecule has 0 aliphatic carbocycles. The molecule has 2 aliphatic heterocycles. The Bertz CT molecular complexity index is 846. The first-order valence-electron chi connectivity index (χ1n) is 8.70. The van der Waals surface area contributed by atoms with Gasteiger partial charge in [0, 0.05) is 6.04 Å². The Morgan fingerprint density at radius 2 is 1.76 bits per heavy atom. The van der Waals surface area contributed by atoms with Crippen molar-refractivity contribution in [2.24, 2.45) is 0 Å². The molecule has 0 bridgehead atoms. The van der Waals surface area contributed by atoms with Crippen LogP contribution in [0, 0.1) is 0 Å². The van der Waals surface area contributed by atoms with Crippen LogP contribution in [0.3, 0.4) is 0 Å². The summed E-state index contributed by atoms with van der Waals surface area (Å²) in [4.78, 5) is 2.96. The van der Waals surface area contributed by atoms with Crippen molar-refractivity contribution in [1.82, 2.24) is 5.32 Å². The van der Waals surface area contributed by atoms with Crippen molar-refractivity contribution in [3.63, 3.8) is 0 Å². The van der Waals surface area contributed by atoms with Crippen molar-refractivity contribution < 1.29 is 13.2 Å². The van der Waals surface area contributed by atoms with E-state index in [0.29, 0.717) is 22.4 Å². The van der Waals surface area contributed by atoms with Gasteiger partial charge in [0.2, 0.25) is 9.84 Å². The van der Waals surface area contributed by atoms with E-state index in [0.717, 1.165) is 43.9 Å². The summed E-state index contributed by atoms with van der Waals surface area (Å²) in [6, 6.07) is 14.2. The van der Waals surface area contributed by atoms with E-state index in [2.05, 4.69) is 10.2 Å². The van der Waals surface area contributed by atoms with Crippen LogP contribution in [0.25, 0.3) is 0 Å². The third-order valence-electron chi connectivity index (χ3n) is 4.94. The first-order valence-corrected chi connectivity index (χ1v) is 10.2. The number of rotatable bonds is 3. The molecule has 4 rings (SSSR count). The molecule has 0 unspecified atom stereocenters. The van der Waals surface area contributed by atoms with E-state index in [1.807, 2.05) is 6.07 Å². The number of fused-ring (bicyclic) bond motifs is 1. The fraction of sp³-hybridized carbons (Fsp3) is 0.368. The summed E-state index contributed by atoms with van der Waals surface area (Å²) in [5, 5.41) is 3.38. The second kappa shape index (κ2) is 6.69. The molecule has 1 fully saturated rings. The molecule has 1 N–H and O–H groups in total. The average molecular weight is 358 g/mol. The van der Waals surface area contributed by atoms with Crippen LogP contribution in [0.5, 0.6) is 5.75 Å². The fourth-order valence-electron chi connectivity index (χ4n) is 3.62. The van der Waals surface area contributed by atoms with Crippen molar-refractivity contribution in [3.05, 3.63) is 48.5 Å². The molecule has 2 aromatic carbocycles. The Morgan fingerprint density at radius 3 is 2.52 bits per heavy atom. The zero-order valence-electron chi connectivity index (χ0n) is 14.0.